The van der Waals surface area contributed by atoms with Gasteiger partial charge >= 0.3 is 12.1 Å². The number of benzene rings is 1. The third-order valence-electron chi connectivity index (χ3n) is 5.84. The smallest absolute Gasteiger partial charge is 0.321 e. The van der Waals surface area contributed by atoms with Gasteiger partial charge in [0.15, 0.2) is 0 Å². The van der Waals surface area contributed by atoms with Gasteiger partial charge in [-0.15, -0.1) is 0 Å². The molecule has 0 radical (unpaired) electrons. The Labute approximate surface area is 178 Å². The van der Waals surface area contributed by atoms with E-state index in [1.807, 2.05) is 6.92 Å². The van der Waals surface area contributed by atoms with Crippen LogP contribution < -0.4 is 21.3 Å². The Morgan fingerprint density at radius 2 is 1.50 bits per heavy atom. The zero-order valence-corrected chi connectivity index (χ0v) is 17.7. The average molecular weight is 416 g/mol. The van der Waals surface area contributed by atoms with Crippen molar-refractivity contribution in [3.05, 3.63) is 24.3 Å². The van der Waals surface area contributed by atoms with Crippen LogP contribution in [-0.2, 0) is 4.79 Å². The Bertz CT molecular complexity index is 723. The van der Waals surface area contributed by atoms with E-state index in [-0.39, 0.29) is 29.9 Å². The molecule has 1 aromatic carbocycles. The molecule has 30 heavy (non-hydrogen) atoms. The second-order valence-electron chi connectivity index (χ2n) is 8.10. The maximum absolute atomic E-state index is 12.5. The molecule has 0 atom stereocenters. The quantitative estimate of drug-likeness (QED) is 0.592. The van der Waals surface area contributed by atoms with Crippen LogP contribution in [0.3, 0.4) is 0 Å². The molecule has 3 rings (SSSR count). The maximum atomic E-state index is 12.5. The molecule has 2 aliphatic rings. The van der Waals surface area contributed by atoms with Gasteiger partial charge in [0.25, 0.3) is 0 Å². The Kier molecular flexibility index (Phi) is 7.93. The molecule has 0 bridgehead atoms. The SMILES string of the molecule is CCNC(=O)C1CCN(C(=O)Nc2ccc(NC(=O)NC3CCCCC3)cc2)CC1. The summed E-state index contributed by atoms with van der Waals surface area (Å²) in [5.74, 6) is 0.0623. The number of likely N-dealkylation sites (tertiary alicyclic amines) is 1. The van der Waals surface area contributed by atoms with Crippen molar-refractivity contribution in [3.8, 4) is 0 Å². The van der Waals surface area contributed by atoms with Gasteiger partial charge in [0.2, 0.25) is 5.91 Å². The van der Waals surface area contributed by atoms with Gasteiger partial charge in [-0.2, -0.15) is 0 Å². The van der Waals surface area contributed by atoms with Crippen molar-refractivity contribution in [3.63, 3.8) is 0 Å². The van der Waals surface area contributed by atoms with Gasteiger partial charge in [-0.05, 0) is 56.9 Å². The lowest BCUT2D eigenvalue weighted by Crippen LogP contribution is -2.44. The van der Waals surface area contributed by atoms with E-state index in [0.29, 0.717) is 43.9 Å². The normalized spacial score (nSPS) is 17.8. The molecular formula is C22H33N5O3. The molecule has 4 N–H and O–H groups in total. The second kappa shape index (κ2) is 10.8. The summed E-state index contributed by atoms with van der Waals surface area (Å²) in [5, 5.41) is 11.6. The first-order valence-electron chi connectivity index (χ1n) is 11.1. The minimum Gasteiger partial charge on any atom is -0.356 e. The van der Waals surface area contributed by atoms with Gasteiger partial charge < -0.3 is 26.2 Å². The predicted octanol–water partition coefficient (Wildman–Crippen LogP) is 3.52. The van der Waals surface area contributed by atoms with Crippen LogP contribution in [0.5, 0.6) is 0 Å². The Hall–Kier alpha value is -2.77. The van der Waals surface area contributed by atoms with Gasteiger partial charge in [-0.25, -0.2) is 9.59 Å². The number of nitrogens with zero attached hydrogens (tertiary/aromatic N) is 1. The molecule has 2 fully saturated rings. The summed E-state index contributed by atoms with van der Waals surface area (Å²) in [4.78, 5) is 38.3. The molecule has 8 nitrogen and oxygen atoms in total. The van der Waals surface area contributed by atoms with Crippen molar-refractivity contribution in [2.45, 2.75) is 57.9 Å². The van der Waals surface area contributed by atoms with Crippen molar-refractivity contribution in [2.24, 2.45) is 5.92 Å². The number of nitrogens with one attached hydrogen (secondary N) is 4. The lowest BCUT2D eigenvalue weighted by Gasteiger charge is -2.31. The molecule has 0 unspecified atom stereocenters. The van der Waals surface area contributed by atoms with E-state index in [1.165, 1.54) is 19.3 Å². The highest BCUT2D eigenvalue weighted by atomic mass is 16.2. The first kappa shape index (κ1) is 21.9. The molecular weight excluding hydrogens is 382 g/mol. The first-order valence-corrected chi connectivity index (χ1v) is 11.1. The molecule has 5 amide bonds. The number of hydrogen-bond acceptors (Lipinski definition) is 3. The molecule has 0 spiro atoms. The number of amides is 5. The fraction of sp³-hybridized carbons (Fsp3) is 0.591. The van der Waals surface area contributed by atoms with E-state index in [2.05, 4.69) is 21.3 Å². The number of piperidine rings is 1. The van der Waals surface area contributed by atoms with E-state index < -0.39 is 0 Å². The third kappa shape index (κ3) is 6.37. The fourth-order valence-corrected chi connectivity index (χ4v) is 4.10. The van der Waals surface area contributed by atoms with Crippen LogP contribution in [0.1, 0.15) is 51.9 Å². The zero-order chi connectivity index (χ0) is 21.3. The van der Waals surface area contributed by atoms with Gasteiger partial charge in [-0.3, -0.25) is 4.79 Å². The van der Waals surface area contributed by atoms with E-state index in [9.17, 15) is 14.4 Å². The van der Waals surface area contributed by atoms with E-state index in [1.54, 1.807) is 29.2 Å². The van der Waals surface area contributed by atoms with Crippen LogP contribution in [-0.4, -0.2) is 48.5 Å². The third-order valence-corrected chi connectivity index (χ3v) is 5.84. The first-order chi connectivity index (χ1) is 14.5. The highest BCUT2D eigenvalue weighted by Crippen LogP contribution is 2.20. The number of carbonyl (C=O) groups excluding carboxylic acids is 3. The monoisotopic (exact) mass is 415 g/mol. The van der Waals surface area contributed by atoms with Crippen molar-refractivity contribution < 1.29 is 14.4 Å². The van der Waals surface area contributed by atoms with Crippen LogP contribution in [0.4, 0.5) is 21.0 Å². The summed E-state index contributed by atoms with van der Waals surface area (Å²) < 4.78 is 0. The number of rotatable bonds is 5. The van der Waals surface area contributed by atoms with E-state index in [4.69, 9.17) is 0 Å². The fourth-order valence-electron chi connectivity index (χ4n) is 4.10. The van der Waals surface area contributed by atoms with Gasteiger partial charge in [0.1, 0.15) is 0 Å². The van der Waals surface area contributed by atoms with Crippen LogP contribution in [0.15, 0.2) is 24.3 Å². The summed E-state index contributed by atoms with van der Waals surface area (Å²) in [7, 11) is 0. The number of carbonyl (C=O) groups is 3. The summed E-state index contributed by atoms with van der Waals surface area (Å²) in [6.07, 6.45) is 7.03. The maximum Gasteiger partial charge on any atom is 0.321 e. The minimum atomic E-state index is -0.186. The molecule has 1 aliphatic carbocycles. The number of hydrogen-bond donors (Lipinski definition) is 4. The van der Waals surface area contributed by atoms with Crippen LogP contribution >= 0.6 is 0 Å². The molecule has 1 saturated carbocycles. The largest absolute Gasteiger partial charge is 0.356 e. The lowest BCUT2D eigenvalue weighted by molar-refractivity contribution is -0.126. The average Bonchev–Trinajstić information content (AvgIpc) is 2.76. The van der Waals surface area contributed by atoms with Crippen molar-refractivity contribution in [1.29, 1.82) is 0 Å². The topological polar surface area (TPSA) is 103 Å². The molecule has 1 heterocycles. The van der Waals surface area contributed by atoms with Gasteiger partial charge in [0, 0.05) is 43.0 Å². The molecule has 1 aliphatic heterocycles. The van der Waals surface area contributed by atoms with Crippen molar-refractivity contribution in [1.82, 2.24) is 15.5 Å². The molecule has 1 aromatic rings. The van der Waals surface area contributed by atoms with Crippen LogP contribution in [0.2, 0.25) is 0 Å². The van der Waals surface area contributed by atoms with Crippen LogP contribution in [0.25, 0.3) is 0 Å². The Morgan fingerprint density at radius 1 is 0.900 bits per heavy atom. The lowest BCUT2D eigenvalue weighted by atomic mass is 9.96. The highest BCUT2D eigenvalue weighted by molar-refractivity contribution is 5.92. The van der Waals surface area contributed by atoms with Gasteiger partial charge in [-0.1, -0.05) is 19.3 Å². The molecule has 164 valence electrons. The summed E-state index contributed by atoms with van der Waals surface area (Å²) in [6, 6.07) is 7.00. The van der Waals surface area contributed by atoms with E-state index in [0.717, 1.165) is 12.8 Å². The molecule has 0 aromatic heterocycles. The zero-order valence-electron chi connectivity index (χ0n) is 17.7. The predicted molar refractivity (Wildman–Crippen MR) is 117 cm³/mol. The number of anilines is 2. The van der Waals surface area contributed by atoms with E-state index >= 15 is 0 Å². The van der Waals surface area contributed by atoms with Crippen LogP contribution in [0, 0.1) is 5.92 Å². The summed E-state index contributed by atoms with van der Waals surface area (Å²) in [6.45, 7) is 3.67. The van der Waals surface area contributed by atoms with Crippen molar-refractivity contribution >= 4 is 29.3 Å². The van der Waals surface area contributed by atoms with Crippen molar-refractivity contribution in [2.75, 3.05) is 30.3 Å². The molecule has 1 saturated heterocycles. The summed E-state index contributed by atoms with van der Waals surface area (Å²) >= 11 is 0. The second-order valence-corrected chi connectivity index (χ2v) is 8.10. The van der Waals surface area contributed by atoms with Gasteiger partial charge in [0.05, 0.1) is 0 Å². The standard InChI is InChI=1S/C22H33N5O3/c1-2-23-20(28)16-12-14-27(15-13-16)22(30)26-19-10-8-18(9-11-19)25-21(29)24-17-6-4-3-5-7-17/h8-11,16-17H,2-7,12-15H2,1H3,(H,23,28)(H,26,30)(H2,24,25,29). The Morgan fingerprint density at radius 3 is 2.10 bits per heavy atom. The summed E-state index contributed by atoms with van der Waals surface area (Å²) in [5.41, 5.74) is 1.35. The number of urea groups is 2. The Balaban J connectivity index is 1.42. The molecule has 8 heteroatoms. The minimum absolute atomic E-state index is 0.0147. The highest BCUT2D eigenvalue weighted by Gasteiger charge is 2.27.